The van der Waals surface area contributed by atoms with Crippen LogP contribution in [0.4, 0.5) is 0 Å². The standard InChI is InChI=1S/C21H26N2O2S/c1-3-7-20(18-8-5-4-6-9-18)23-15-14-22-16-21(23)26(24,25)19-12-10-17(2)11-13-19/h3-13,20-22H,14-16H2,1-2H3. The zero-order valence-corrected chi connectivity index (χ0v) is 16.1. The molecule has 1 heterocycles. The Morgan fingerprint density at radius 2 is 1.81 bits per heavy atom. The van der Waals surface area contributed by atoms with Crippen LogP contribution in [0.3, 0.4) is 0 Å². The van der Waals surface area contributed by atoms with Gasteiger partial charge >= 0.3 is 0 Å². The Hall–Kier alpha value is -1.95. The maximum Gasteiger partial charge on any atom is 0.195 e. The molecule has 1 N–H and O–H groups in total. The van der Waals surface area contributed by atoms with Gasteiger partial charge in [-0.3, -0.25) is 4.90 Å². The van der Waals surface area contributed by atoms with Crippen molar-refractivity contribution in [2.75, 3.05) is 19.6 Å². The molecule has 4 nitrogen and oxygen atoms in total. The second kappa shape index (κ2) is 8.16. The zero-order chi connectivity index (χ0) is 18.6. The summed E-state index contributed by atoms with van der Waals surface area (Å²) in [6, 6.07) is 17.2. The summed E-state index contributed by atoms with van der Waals surface area (Å²) in [7, 11) is -3.47. The smallest absolute Gasteiger partial charge is 0.195 e. The molecule has 1 aliphatic heterocycles. The first-order valence-electron chi connectivity index (χ1n) is 8.99. The highest BCUT2D eigenvalue weighted by molar-refractivity contribution is 7.92. The van der Waals surface area contributed by atoms with Crippen LogP contribution in [-0.2, 0) is 9.84 Å². The molecule has 0 saturated carbocycles. The minimum Gasteiger partial charge on any atom is -0.313 e. The van der Waals surface area contributed by atoms with Crippen molar-refractivity contribution in [3.05, 3.63) is 77.9 Å². The Morgan fingerprint density at radius 1 is 1.12 bits per heavy atom. The molecule has 1 fully saturated rings. The number of allylic oxidation sites excluding steroid dienone is 1. The van der Waals surface area contributed by atoms with E-state index in [0.717, 1.165) is 17.7 Å². The Bertz CT molecular complexity index is 845. The van der Waals surface area contributed by atoms with Crippen LogP contribution in [0.5, 0.6) is 0 Å². The number of sulfone groups is 1. The number of hydrogen-bond acceptors (Lipinski definition) is 4. The third kappa shape index (κ3) is 3.90. The van der Waals surface area contributed by atoms with Crippen molar-refractivity contribution in [1.29, 1.82) is 0 Å². The summed E-state index contributed by atoms with van der Waals surface area (Å²) >= 11 is 0. The molecule has 0 amide bonds. The fourth-order valence-electron chi connectivity index (χ4n) is 3.43. The number of hydrogen-bond donors (Lipinski definition) is 1. The van der Waals surface area contributed by atoms with Crippen LogP contribution in [0, 0.1) is 6.92 Å². The fourth-order valence-corrected chi connectivity index (χ4v) is 5.19. The zero-order valence-electron chi connectivity index (χ0n) is 15.3. The molecule has 2 aromatic rings. The van der Waals surface area contributed by atoms with E-state index in [2.05, 4.69) is 28.4 Å². The molecule has 0 spiro atoms. The molecular weight excluding hydrogens is 344 g/mol. The van der Waals surface area contributed by atoms with Crippen molar-refractivity contribution in [3.8, 4) is 0 Å². The van der Waals surface area contributed by atoms with Gasteiger partial charge in [0.25, 0.3) is 0 Å². The quantitative estimate of drug-likeness (QED) is 0.821. The first-order chi connectivity index (χ1) is 12.5. The summed E-state index contributed by atoms with van der Waals surface area (Å²) in [6.07, 6.45) is 4.08. The summed E-state index contributed by atoms with van der Waals surface area (Å²) in [5.74, 6) is 0. The molecule has 0 aromatic heterocycles. The second-order valence-corrected chi connectivity index (χ2v) is 8.74. The lowest BCUT2D eigenvalue weighted by molar-refractivity contribution is 0.175. The summed E-state index contributed by atoms with van der Waals surface area (Å²) in [6.45, 7) is 5.82. The number of nitrogens with one attached hydrogen (secondary N) is 1. The van der Waals surface area contributed by atoms with Gasteiger partial charge in [0.15, 0.2) is 9.84 Å². The van der Waals surface area contributed by atoms with Gasteiger partial charge in [0.2, 0.25) is 0 Å². The molecule has 138 valence electrons. The normalized spacial score (nSPS) is 20.3. The van der Waals surface area contributed by atoms with Crippen LogP contribution in [0.15, 0.2) is 71.6 Å². The van der Waals surface area contributed by atoms with Gasteiger partial charge in [-0.25, -0.2) is 8.42 Å². The van der Waals surface area contributed by atoms with Crippen LogP contribution in [0.1, 0.15) is 24.1 Å². The monoisotopic (exact) mass is 370 g/mol. The summed E-state index contributed by atoms with van der Waals surface area (Å²) < 4.78 is 26.7. The first kappa shape index (κ1) is 18.8. The summed E-state index contributed by atoms with van der Waals surface area (Å²) in [5.41, 5.74) is 2.16. The molecule has 0 radical (unpaired) electrons. The third-order valence-electron chi connectivity index (χ3n) is 4.82. The van der Waals surface area contributed by atoms with E-state index in [-0.39, 0.29) is 6.04 Å². The topological polar surface area (TPSA) is 49.4 Å². The lowest BCUT2D eigenvalue weighted by atomic mass is 10.0. The number of nitrogens with zero attached hydrogens (tertiary/aromatic N) is 1. The Labute approximate surface area is 156 Å². The number of aryl methyl sites for hydroxylation is 1. The van der Waals surface area contributed by atoms with Crippen molar-refractivity contribution in [2.45, 2.75) is 30.2 Å². The van der Waals surface area contributed by atoms with Gasteiger partial charge in [0, 0.05) is 19.6 Å². The van der Waals surface area contributed by atoms with Crippen molar-refractivity contribution in [2.24, 2.45) is 0 Å². The lowest BCUT2D eigenvalue weighted by Crippen LogP contribution is -2.55. The lowest BCUT2D eigenvalue weighted by Gasteiger charge is -2.40. The average Bonchev–Trinajstić information content (AvgIpc) is 2.67. The molecule has 1 aliphatic rings. The molecule has 2 atom stereocenters. The van der Waals surface area contributed by atoms with Crippen molar-refractivity contribution >= 4 is 9.84 Å². The van der Waals surface area contributed by atoms with Gasteiger partial charge in [-0.15, -0.1) is 0 Å². The molecule has 5 heteroatoms. The molecule has 1 saturated heterocycles. The van der Waals surface area contributed by atoms with Gasteiger partial charge in [-0.2, -0.15) is 0 Å². The third-order valence-corrected chi connectivity index (χ3v) is 6.90. The van der Waals surface area contributed by atoms with Crippen LogP contribution < -0.4 is 5.32 Å². The number of rotatable bonds is 5. The maximum atomic E-state index is 13.3. The van der Waals surface area contributed by atoms with E-state index in [9.17, 15) is 8.42 Å². The predicted octanol–water partition coefficient (Wildman–Crippen LogP) is 3.32. The van der Waals surface area contributed by atoms with E-state index in [1.54, 1.807) is 12.1 Å². The predicted molar refractivity (Wildman–Crippen MR) is 106 cm³/mol. The molecular formula is C21H26N2O2S. The summed E-state index contributed by atoms with van der Waals surface area (Å²) in [5, 5.41) is 2.66. The van der Waals surface area contributed by atoms with Crippen molar-refractivity contribution in [1.82, 2.24) is 10.2 Å². The Morgan fingerprint density at radius 3 is 2.46 bits per heavy atom. The van der Waals surface area contributed by atoms with Crippen LogP contribution >= 0.6 is 0 Å². The van der Waals surface area contributed by atoms with E-state index < -0.39 is 15.2 Å². The molecule has 0 bridgehead atoms. The molecule has 2 aromatic carbocycles. The highest BCUT2D eigenvalue weighted by atomic mass is 32.2. The Balaban J connectivity index is 2.00. The van der Waals surface area contributed by atoms with Gasteiger partial charge in [0.1, 0.15) is 5.37 Å². The number of benzene rings is 2. The minimum absolute atomic E-state index is 0.0616. The highest BCUT2D eigenvalue weighted by Gasteiger charge is 2.38. The van der Waals surface area contributed by atoms with Gasteiger partial charge in [-0.05, 0) is 31.5 Å². The Kier molecular flexibility index (Phi) is 5.91. The molecule has 3 rings (SSSR count). The molecule has 26 heavy (non-hydrogen) atoms. The average molecular weight is 371 g/mol. The van der Waals surface area contributed by atoms with Crippen molar-refractivity contribution < 1.29 is 8.42 Å². The highest BCUT2D eigenvalue weighted by Crippen LogP contribution is 2.30. The van der Waals surface area contributed by atoms with E-state index in [1.165, 1.54) is 0 Å². The van der Waals surface area contributed by atoms with Crippen LogP contribution in [0.25, 0.3) is 0 Å². The SMILES string of the molecule is CC=CC(c1ccccc1)N1CCNCC1S(=O)(=O)c1ccc(C)cc1. The molecule has 2 unspecified atom stereocenters. The second-order valence-electron chi connectivity index (χ2n) is 6.64. The van der Waals surface area contributed by atoms with E-state index in [1.807, 2.05) is 50.3 Å². The van der Waals surface area contributed by atoms with E-state index >= 15 is 0 Å². The van der Waals surface area contributed by atoms with Gasteiger partial charge in [0.05, 0.1) is 10.9 Å². The molecule has 0 aliphatic carbocycles. The van der Waals surface area contributed by atoms with E-state index in [0.29, 0.717) is 18.0 Å². The van der Waals surface area contributed by atoms with Gasteiger partial charge in [-0.1, -0.05) is 60.2 Å². The fraction of sp³-hybridized carbons (Fsp3) is 0.333. The van der Waals surface area contributed by atoms with Crippen molar-refractivity contribution in [3.63, 3.8) is 0 Å². The number of piperazine rings is 1. The first-order valence-corrected chi connectivity index (χ1v) is 10.5. The summed E-state index contributed by atoms with van der Waals surface area (Å²) in [4.78, 5) is 2.48. The van der Waals surface area contributed by atoms with E-state index in [4.69, 9.17) is 0 Å². The minimum atomic E-state index is -3.47. The van der Waals surface area contributed by atoms with Crippen LogP contribution in [-0.4, -0.2) is 38.3 Å². The largest absolute Gasteiger partial charge is 0.313 e. The van der Waals surface area contributed by atoms with Gasteiger partial charge < -0.3 is 5.32 Å². The van der Waals surface area contributed by atoms with Crippen LogP contribution in [0.2, 0.25) is 0 Å². The maximum absolute atomic E-state index is 13.3.